The molecular formula is C16H22N2O2. The number of ether oxygens (including phenoxy) is 1. The van der Waals surface area contributed by atoms with Crippen LogP contribution in [0.2, 0.25) is 0 Å². The molecule has 4 heteroatoms. The van der Waals surface area contributed by atoms with E-state index in [1.165, 1.54) is 12.8 Å². The second-order valence-corrected chi connectivity index (χ2v) is 5.86. The van der Waals surface area contributed by atoms with Crippen LogP contribution in [0.1, 0.15) is 31.7 Å². The molecule has 1 fully saturated rings. The van der Waals surface area contributed by atoms with Gasteiger partial charge in [-0.3, -0.25) is 4.79 Å². The highest BCUT2D eigenvalue weighted by atomic mass is 16.5. The molecule has 3 atom stereocenters. The first-order valence-corrected chi connectivity index (χ1v) is 7.50. The van der Waals surface area contributed by atoms with Gasteiger partial charge in [0.1, 0.15) is 5.75 Å². The SMILES string of the molecule is CC1CCCC(CNC(=O)C2Cc3ccccc3O2)N1. The van der Waals surface area contributed by atoms with E-state index in [1.807, 2.05) is 24.3 Å². The van der Waals surface area contributed by atoms with Crippen LogP contribution in [0.25, 0.3) is 0 Å². The lowest BCUT2D eigenvalue weighted by molar-refractivity contribution is -0.127. The van der Waals surface area contributed by atoms with Gasteiger partial charge in [0.05, 0.1) is 0 Å². The summed E-state index contributed by atoms with van der Waals surface area (Å²) in [5, 5.41) is 6.55. The van der Waals surface area contributed by atoms with Gasteiger partial charge < -0.3 is 15.4 Å². The molecule has 108 valence electrons. The third-order valence-corrected chi connectivity index (χ3v) is 4.17. The zero-order valence-electron chi connectivity index (χ0n) is 11.9. The van der Waals surface area contributed by atoms with Gasteiger partial charge in [0, 0.05) is 25.0 Å². The van der Waals surface area contributed by atoms with E-state index < -0.39 is 0 Å². The Morgan fingerprint density at radius 1 is 1.40 bits per heavy atom. The number of amides is 1. The Bertz CT molecular complexity index is 464. The largest absolute Gasteiger partial charge is 0.480 e. The van der Waals surface area contributed by atoms with Crippen LogP contribution in [0.4, 0.5) is 0 Å². The second kappa shape index (κ2) is 5.83. The van der Waals surface area contributed by atoms with E-state index in [0.29, 0.717) is 25.0 Å². The lowest BCUT2D eigenvalue weighted by Gasteiger charge is -2.29. The van der Waals surface area contributed by atoms with Gasteiger partial charge >= 0.3 is 0 Å². The molecule has 2 aliphatic rings. The predicted molar refractivity (Wildman–Crippen MR) is 77.8 cm³/mol. The topological polar surface area (TPSA) is 50.4 Å². The Morgan fingerprint density at radius 2 is 2.25 bits per heavy atom. The van der Waals surface area contributed by atoms with Gasteiger partial charge in [0.2, 0.25) is 0 Å². The summed E-state index contributed by atoms with van der Waals surface area (Å²) in [6.45, 7) is 2.89. The van der Waals surface area contributed by atoms with Crippen molar-refractivity contribution in [3.63, 3.8) is 0 Å². The van der Waals surface area contributed by atoms with Gasteiger partial charge in [-0.1, -0.05) is 24.6 Å². The van der Waals surface area contributed by atoms with Gasteiger partial charge in [-0.25, -0.2) is 0 Å². The molecule has 3 unspecified atom stereocenters. The van der Waals surface area contributed by atoms with Crippen LogP contribution in [0.15, 0.2) is 24.3 Å². The van der Waals surface area contributed by atoms with Gasteiger partial charge in [-0.05, 0) is 31.4 Å². The number of carbonyl (C=O) groups excluding carboxylic acids is 1. The van der Waals surface area contributed by atoms with Crippen molar-refractivity contribution in [1.82, 2.24) is 10.6 Å². The Labute approximate surface area is 119 Å². The maximum absolute atomic E-state index is 12.2. The summed E-state index contributed by atoms with van der Waals surface area (Å²) in [5.74, 6) is 0.846. The third kappa shape index (κ3) is 2.96. The molecular weight excluding hydrogens is 252 g/mol. The summed E-state index contributed by atoms with van der Waals surface area (Å²) in [6.07, 6.45) is 3.91. The fraction of sp³-hybridized carbons (Fsp3) is 0.562. The summed E-state index contributed by atoms with van der Waals surface area (Å²) in [7, 11) is 0. The zero-order chi connectivity index (χ0) is 13.9. The fourth-order valence-corrected chi connectivity index (χ4v) is 3.07. The predicted octanol–water partition coefficient (Wildman–Crippen LogP) is 1.64. The minimum atomic E-state index is -0.367. The van der Waals surface area contributed by atoms with Gasteiger partial charge in [-0.15, -0.1) is 0 Å². The van der Waals surface area contributed by atoms with Crippen LogP contribution in [0.5, 0.6) is 5.75 Å². The lowest BCUT2D eigenvalue weighted by atomic mass is 9.99. The highest BCUT2D eigenvalue weighted by molar-refractivity contribution is 5.82. The van der Waals surface area contributed by atoms with Crippen molar-refractivity contribution in [2.24, 2.45) is 0 Å². The number of hydrogen-bond acceptors (Lipinski definition) is 3. The molecule has 1 aromatic rings. The lowest BCUT2D eigenvalue weighted by Crippen LogP contribution is -2.49. The highest BCUT2D eigenvalue weighted by Crippen LogP contribution is 2.28. The first-order chi connectivity index (χ1) is 9.72. The fourth-order valence-electron chi connectivity index (χ4n) is 3.07. The van der Waals surface area contributed by atoms with Gasteiger partial charge in [0.15, 0.2) is 6.10 Å². The summed E-state index contributed by atoms with van der Waals surface area (Å²) >= 11 is 0. The van der Waals surface area contributed by atoms with Crippen LogP contribution >= 0.6 is 0 Å². The number of hydrogen-bond donors (Lipinski definition) is 2. The Hall–Kier alpha value is -1.55. The molecule has 1 aromatic carbocycles. The van der Waals surface area contributed by atoms with Crippen molar-refractivity contribution >= 4 is 5.91 Å². The molecule has 4 nitrogen and oxygen atoms in total. The number of rotatable bonds is 3. The number of benzene rings is 1. The first kappa shape index (κ1) is 13.4. The molecule has 0 aromatic heterocycles. The van der Waals surface area contributed by atoms with Crippen LogP contribution in [0.3, 0.4) is 0 Å². The van der Waals surface area contributed by atoms with Crippen molar-refractivity contribution in [1.29, 1.82) is 0 Å². The minimum absolute atomic E-state index is 0.00114. The van der Waals surface area contributed by atoms with Crippen LogP contribution < -0.4 is 15.4 Å². The molecule has 0 aliphatic carbocycles. The van der Waals surface area contributed by atoms with Crippen LogP contribution in [-0.4, -0.2) is 30.6 Å². The molecule has 20 heavy (non-hydrogen) atoms. The number of nitrogens with one attached hydrogen (secondary N) is 2. The van der Waals surface area contributed by atoms with Crippen LogP contribution in [-0.2, 0) is 11.2 Å². The normalized spacial score (nSPS) is 28.6. The maximum Gasteiger partial charge on any atom is 0.261 e. The molecule has 0 saturated carbocycles. The molecule has 2 aliphatic heterocycles. The molecule has 2 heterocycles. The Balaban J connectivity index is 1.49. The third-order valence-electron chi connectivity index (χ3n) is 4.17. The van der Waals surface area contributed by atoms with E-state index >= 15 is 0 Å². The average molecular weight is 274 g/mol. The van der Waals surface area contributed by atoms with E-state index in [0.717, 1.165) is 17.7 Å². The molecule has 1 amide bonds. The van der Waals surface area contributed by atoms with E-state index in [2.05, 4.69) is 17.6 Å². The van der Waals surface area contributed by atoms with E-state index in [9.17, 15) is 4.79 Å². The maximum atomic E-state index is 12.2. The Kier molecular flexibility index (Phi) is 3.92. The highest BCUT2D eigenvalue weighted by Gasteiger charge is 2.29. The van der Waals surface area contributed by atoms with E-state index in [1.54, 1.807) is 0 Å². The summed E-state index contributed by atoms with van der Waals surface area (Å²) in [6, 6.07) is 8.81. The molecule has 0 spiro atoms. The van der Waals surface area contributed by atoms with Crippen molar-refractivity contribution < 1.29 is 9.53 Å². The summed E-state index contributed by atoms with van der Waals surface area (Å²) < 4.78 is 5.70. The quantitative estimate of drug-likeness (QED) is 0.881. The monoisotopic (exact) mass is 274 g/mol. The number of para-hydroxylation sites is 1. The summed E-state index contributed by atoms with van der Waals surface area (Å²) in [5.41, 5.74) is 1.12. The van der Waals surface area contributed by atoms with E-state index in [-0.39, 0.29) is 12.0 Å². The van der Waals surface area contributed by atoms with Crippen molar-refractivity contribution in [2.45, 2.75) is 50.8 Å². The van der Waals surface area contributed by atoms with Crippen molar-refractivity contribution in [3.8, 4) is 5.75 Å². The van der Waals surface area contributed by atoms with Gasteiger partial charge in [0.25, 0.3) is 5.91 Å². The molecule has 1 saturated heterocycles. The first-order valence-electron chi connectivity index (χ1n) is 7.50. The van der Waals surface area contributed by atoms with Gasteiger partial charge in [-0.2, -0.15) is 0 Å². The molecule has 0 bridgehead atoms. The smallest absolute Gasteiger partial charge is 0.261 e. The van der Waals surface area contributed by atoms with Crippen molar-refractivity contribution in [2.75, 3.05) is 6.54 Å². The molecule has 0 radical (unpaired) electrons. The second-order valence-electron chi connectivity index (χ2n) is 5.86. The minimum Gasteiger partial charge on any atom is -0.480 e. The average Bonchev–Trinajstić information content (AvgIpc) is 2.89. The summed E-state index contributed by atoms with van der Waals surface area (Å²) in [4.78, 5) is 12.2. The number of fused-ring (bicyclic) bond motifs is 1. The zero-order valence-corrected chi connectivity index (χ0v) is 11.9. The molecule has 3 rings (SSSR count). The number of piperidine rings is 1. The number of carbonyl (C=O) groups is 1. The van der Waals surface area contributed by atoms with E-state index in [4.69, 9.17) is 4.74 Å². The molecule has 2 N–H and O–H groups in total. The Morgan fingerprint density at radius 3 is 3.05 bits per heavy atom. The standard InChI is InChI=1S/C16H22N2O2/c1-11-5-4-7-13(18-11)10-17-16(19)15-9-12-6-2-3-8-14(12)20-15/h2-3,6,8,11,13,15,18H,4-5,7,9-10H2,1H3,(H,17,19). The van der Waals surface area contributed by atoms with Crippen molar-refractivity contribution in [3.05, 3.63) is 29.8 Å². The van der Waals surface area contributed by atoms with Crippen LogP contribution in [0, 0.1) is 0 Å².